The lowest BCUT2D eigenvalue weighted by Gasteiger charge is -2.21. The largest absolute Gasteiger partial charge is 0.508 e. The summed E-state index contributed by atoms with van der Waals surface area (Å²) in [5.41, 5.74) is 1.80. The number of allylic oxidation sites excluding steroid dienone is 3. The van der Waals surface area contributed by atoms with E-state index >= 15 is 0 Å². The number of rotatable bonds is 0. The molecule has 0 heterocycles. The van der Waals surface area contributed by atoms with Crippen molar-refractivity contribution in [3.05, 3.63) is 23.0 Å². The topological polar surface area (TPSA) is 37.3 Å². The molecule has 0 spiro atoms. The number of Topliss-reactive ketones (excluding diaryl/α,β-unsaturated/α-hetero) is 1. The van der Waals surface area contributed by atoms with Crippen molar-refractivity contribution in [3.8, 4) is 0 Å². The maximum absolute atomic E-state index is 11.4. The molecular formula is C10H12O2. The van der Waals surface area contributed by atoms with Gasteiger partial charge in [0.05, 0.1) is 0 Å². The van der Waals surface area contributed by atoms with Crippen LogP contribution < -0.4 is 0 Å². The van der Waals surface area contributed by atoms with Crippen LogP contribution in [-0.2, 0) is 4.79 Å². The lowest BCUT2D eigenvalue weighted by molar-refractivity contribution is -0.116. The molecule has 0 atom stereocenters. The molecule has 0 saturated carbocycles. The highest BCUT2D eigenvalue weighted by Gasteiger charge is 2.24. The Labute approximate surface area is 71.6 Å². The Bertz CT molecular complexity index is 284. The van der Waals surface area contributed by atoms with Crippen LogP contribution in [0.25, 0.3) is 0 Å². The lowest BCUT2D eigenvalue weighted by atomic mass is 9.84. The smallest absolute Gasteiger partial charge is 0.159 e. The molecule has 2 rings (SSSR count). The average molecular weight is 164 g/mol. The SMILES string of the molecule is O=C1CCCC2=C1CCC=C2O. The first-order valence-corrected chi connectivity index (χ1v) is 4.44. The Morgan fingerprint density at radius 1 is 1.17 bits per heavy atom. The molecule has 0 aliphatic heterocycles. The van der Waals surface area contributed by atoms with E-state index in [0.29, 0.717) is 12.2 Å². The van der Waals surface area contributed by atoms with Gasteiger partial charge in [-0.1, -0.05) is 0 Å². The van der Waals surface area contributed by atoms with Crippen LogP contribution in [0.2, 0.25) is 0 Å². The number of hydrogen-bond donors (Lipinski definition) is 1. The zero-order valence-electron chi connectivity index (χ0n) is 6.97. The third-order valence-electron chi connectivity index (χ3n) is 2.57. The molecule has 0 bridgehead atoms. The molecule has 0 amide bonds. The number of carbonyl (C=O) groups excluding carboxylic acids is 1. The van der Waals surface area contributed by atoms with Crippen molar-refractivity contribution < 1.29 is 9.90 Å². The maximum Gasteiger partial charge on any atom is 0.159 e. The Kier molecular flexibility index (Phi) is 1.75. The van der Waals surface area contributed by atoms with Crippen LogP contribution in [0.1, 0.15) is 32.1 Å². The van der Waals surface area contributed by atoms with Gasteiger partial charge in [0.1, 0.15) is 5.76 Å². The minimum Gasteiger partial charge on any atom is -0.508 e. The molecule has 12 heavy (non-hydrogen) atoms. The fourth-order valence-electron chi connectivity index (χ4n) is 1.95. The van der Waals surface area contributed by atoms with Crippen LogP contribution in [0.4, 0.5) is 0 Å². The summed E-state index contributed by atoms with van der Waals surface area (Å²) in [4.78, 5) is 11.4. The molecule has 0 aromatic rings. The summed E-state index contributed by atoms with van der Waals surface area (Å²) >= 11 is 0. The van der Waals surface area contributed by atoms with Crippen LogP contribution in [0.3, 0.4) is 0 Å². The highest BCUT2D eigenvalue weighted by atomic mass is 16.3. The highest BCUT2D eigenvalue weighted by molar-refractivity contribution is 5.97. The van der Waals surface area contributed by atoms with Crippen LogP contribution in [0.15, 0.2) is 23.0 Å². The van der Waals surface area contributed by atoms with Gasteiger partial charge in [-0.15, -0.1) is 0 Å². The first-order chi connectivity index (χ1) is 5.79. The van der Waals surface area contributed by atoms with Crippen LogP contribution >= 0.6 is 0 Å². The van der Waals surface area contributed by atoms with Gasteiger partial charge in [-0.3, -0.25) is 4.79 Å². The van der Waals surface area contributed by atoms with Crippen molar-refractivity contribution in [2.75, 3.05) is 0 Å². The van der Waals surface area contributed by atoms with Crippen molar-refractivity contribution in [2.45, 2.75) is 32.1 Å². The number of hydrogen-bond acceptors (Lipinski definition) is 2. The van der Waals surface area contributed by atoms with E-state index in [1.165, 1.54) is 0 Å². The van der Waals surface area contributed by atoms with Crippen LogP contribution in [0.5, 0.6) is 0 Å². The highest BCUT2D eigenvalue weighted by Crippen LogP contribution is 2.32. The molecule has 2 nitrogen and oxygen atoms in total. The normalized spacial score (nSPS) is 23.7. The second-order valence-electron chi connectivity index (χ2n) is 3.36. The van der Waals surface area contributed by atoms with Gasteiger partial charge in [0.2, 0.25) is 0 Å². The second-order valence-corrected chi connectivity index (χ2v) is 3.36. The third-order valence-corrected chi connectivity index (χ3v) is 2.57. The van der Waals surface area contributed by atoms with Gasteiger partial charge in [-0.2, -0.15) is 0 Å². The Morgan fingerprint density at radius 2 is 2.00 bits per heavy atom. The van der Waals surface area contributed by atoms with E-state index in [2.05, 4.69) is 0 Å². The number of ketones is 1. The molecule has 1 N–H and O–H groups in total. The molecule has 0 saturated heterocycles. The van der Waals surface area contributed by atoms with E-state index in [0.717, 1.165) is 36.8 Å². The Balaban J connectivity index is 2.41. The summed E-state index contributed by atoms with van der Waals surface area (Å²) < 4.78 is 0. The van der Waals surface area contributed by atoms with Crippen LogP contribution in [-0.4, -0.2) is 10.9 Å². The molecule has 2 aliphatic carbocycles. The van der Waals surface area contributed by atoms with Gasteiger partial charge in [0.25, 0.3) is 0 Å². The zero-order valence-corrected chi connectivity index (χ0v) is 6.97. The second kappa shape index (κ2) is 2.77. The summed E-state index contributed by atoms with van der Waals surface area (Å²) in [7, 11) is 0. The van der Waals surface area contributed by atoms with Gasteiger partial charge >= 0.3 is 0 Å². The predicted octanol–water partition coefficient (Wildman–Crippen LogP) is 2.27. The summed E-state index contributed by atoms with van der Waals surface area (Å²) in [6.45, 7) is 0. The van der Waals surface area contributed by atoms with Crippen molar-refractivity contribution >= 4 is 5.78 Å². The monoisotopic (exact) mass is 164 g/mol. The van der Waals surface area contributed by atoms with Crippen molar-refractivity contribution in [1.29, 1.82) is 0 Å². The third kappa shape index (κ3) is 1.07. The molecule has 0 aromatic carbocycles. The Morgan fingerprint density at radius 3 is 2.75 bits per heavy atom. The molecule has 64 valence electrons. The molecule has 0 radical (unpaired) electrons. The molecule has 2 aliphatic rings. The minimum absolute atomic E-state index is 0.246. The molecule has 0 fully saturated rings. The van der Waals surface area contributed by atoms with E-state index in [1.54, 1.807) is 0 Å². The first-order valence-electron chi connectivity index (χ1n) is 4.44. The van der Waals surface area contributed by atoms with E-state index in [4.69, 9.17) is 0 Å². The van der Waals surface area contributed by atoms with E-state index in [9.17, 15) is 9.90 Å². The Hall–Kier alpha value is -1.05. The van der Waals surface area contributed by atoms with Crippen LogP contribution in [0, 0.1) is 0 Å². The molecule has 2 heteroatoms. The number of carbonyl (C=O) groups is 1. The standard InChI is InChI=1S/C10H12O2/c11-9-5-1-3-7-8(9)4-2-6-10(7)12/h5,11H,1-4,6H2. The van der Waals surface area contributed by atoms with E-state index in [1.807, 2.05) is 6.08 Å². The summed E-state index contributed by atoms with van der Waals surface area (Å²) in [6.07, 6.45) is 5.91. The summed E-state index contributed by atoms with van der Waals surface area (Å²) in [5, 5.41) is 9.47. The number of aliphatic hydroxyl groups is 1. The van der Waals surface area contributed by atoms with E-state index in [-0.39, 0.29) is 5.78 Å². The summed E-state index contributed by atoms with van der Waals surface area (Å²) in [5.74, 6) is 0.597. The lowest BCUT2D eigenvalue weighted by Crippen LogP contribution is -2.15. The van der Waals surface area contributed by atoms with E-state index < -0.39 is 0 Å². The number of aliphatic hydroxyl groups excluding tert-OH is 1. The van der Waals surface area contributed by atoms with Gasteiger partial charge in [0, 0.05) is 17.6 Å². The summed E-state index contributed by atoms with van der Waals surface area (Å²) in [6, 6.07) is 0. The van der Waals surface area contributed by atoms with Gasteiger partial charge < -0.3 is 5.11 Å². The van der Waals surface area contributed by atoms with Gasteiger partial charge in [0.15, 0.2) is 5.78 Å². The molecule has 0 aromatic heterocycles. The minimum atomic E-state index is 0.246. The quantitative estimate of drug-likeness (QED) is 0.596. The zero-order chi connectivity index (χ0) is 8.55. The molecular weight excluding hydrogens is 152 g/mol. The first kappa shape index (κ1) is 7.59. The fourth-order valence-corrected chi connectivity index (χ4v) is 1.95. The van der Waals surface area contributed by atoms with Gasteiger partial charge in [-0.25, -0.2) is 0 Å². The van der Waals surface area contributed by atoms with Gasteiger partial charge in [-0.05, 0) is 31.8 Å². The average Bonchev–Trinajstić information content (AvgIpc) is 2.07. The van der Waals surface area contributed by atoms with Crippen molar-refractivity contribution in [1.82, 2.24) is 0 Å². The molecule has 0 unspecified atom stereocenters. The van der Waals surface area contributed by atoms with Crippen molar-refractivity contribution in [3.63, 3.8) is 0 Å². The fraction of sp³-hybridized carbons (Fsp3) is 0.500. The maximum atomic E-state index is 11.4. The van der Waals surface area contributed by atoms with Crippen molar-refractivity contribution in [2.24, 2.45) is 0 Å². The predicted molar refractivity (Wildman–Crippen MR) is 45.8 cm³/mol.